The number of rotatable bonds is 5. The van der Waals surface area contributed by atoms with Crippen molar-refractivity contribution in [3.63, 3.8) is 0 Å². The Morgan fingerprint density at radius 2 is 1.59 bits per heavy atom. The van der Waals surface area contributed by atoms with Crippen molar-refractivity contribution >= 4 is 22.6 Å². The molecule has 1 aromatic heterocycles. The lowest BCUT2D eigenvalue weighted by Gasteiger charge is -2.36. The molecule has 1 aliphatic rings. The third-order valence-electron chi connectivity index (χ3n) is 6.33. The van der Waals surface area contributed by atoms with E-state index in [1.165, 1.54) is 10.9 Å². The van der Waals surface area contributed by atoms with Crippen molar-refractivity contribution in [2.24, 2.45) is 0 Å². The number of nitrogens with one attached hydrogen (secondary N) is 2. The summed E-state index contributed by atoms with van der Waals surface area (Å²) in [6, 6.07) is 21.0. The second-order valence-electron chi connectivity index (χ2n) is 8.21. The number of urea groups is 1. The number of hydrogen-bond donors (Lipinski definition) is 2. The van der Waals surface area contributed by atoms with E-state index in [0.29, 0.717) is 23.7 Å². The molecule has 0 radical (unpaired) electrons. The summed E-state index contributed by atoms with van der Waals surface area (Å²) in [5.74, 6) is 1.99. The first-order valence-electron chi connectivity index (χ1n) is 11.2. The van der Waals surface area contributed by atoms with Crippen LogP contribution < -0.4 is 19.5 Å². The molecule has 174 valence electrons. The van der Waals surface area contributed by atoms with Gasteiger partial charge in [0.05, 0.1) is 27.4 Å². The molecule has 5 rings (SSSR count). The van der Waals surface area contributed by atoms with Crippen LogP contribution in [0.15, 0.2) is 66.7 Å². The molecule has 0 saturated carbocycles. The lowest BCUT2D eigenvalue weighted by Crippen LogP contribution is -2.43. The van der Waals surface area contributed by atoms with Gasteiger partial charge in [-0.15, -0.1) is 0 Å². The van der Waals surface area contributed by atoms with Gasteiger partial charge in [0, 0.05) is 47.0 Å². The summed E-state index contributed by atoms with van der Waals surface area (Å²) < 4.78 is 16.1. The quantitative estimate of drug-likeness (QED) is 0.422. The van der Waals surface area contributed by atoms with Gasteiger partial charge in [0.1, 0.15) is 17.2 Å². The van der Waals surface area contributed by atoms with E-state index >= 15 is 0 Å². The molecule has 7 nitrogen and oxygen atoms in total. The lowest BCUT2D eigenvalue weighted by atomic mass is 9.92. The Balaban J connectivity index is 1.54. The van der Waals surface area contributed by atoms with Gasteiger partial charge in [0.25, 0.3) is 0 Å². The predicted molar refractivity (Wildman–Crippen MR) is 132 cm³/mol. The zero-order valence-electron chi connectivity index (χ0n) is 19.4. The largest absolute Gasteiger partial charge is 0.497 e. The van der Waals surface area contributed by atoms with Crippen molar-refractivity contribution < 1.29 is 19.0 Å². The first-order valence-corrected chi connectivity index (χ1v) is 11.2. The monoisotopic (exact) mass is 457 g/mol. The molecule has 2 N–H and O–H groups in total. The number of para-hydroxylation sites is 1. The van der Waals surface area contributed by atoms with Crippen molar-refractivity contribution in [2.75, 3.05) is 33.2 Å². The minimum Gasteiger partial charge on any atom is -0.497 e. The first-order chi connectivity index (χ1) is 16.6. The number of fused-ring (bicyclic) bond motifs is 3. The molecule has 7 heteroatoms. The normalized spacial score (nSPS) is 15.0. The van der Waals surface area contributed by atoms with Crippen molar-refractivity contribution in [1.29, 1.82) is 0 Å². The van der Waals surface area contributed by atoms with Crippen LogP contribution in [-0.2, 0) is 6.42 Å². The highest BCUT2D eigenvalue weighted by Gasteiger charge is 2.34. The van der Waals surface area contributed by atoms with E-state index in [0.717, 1.165) is 28.9 Å². The molecule has 2 heterocycles. The number of anilines is 1. The van der Waals surface area contributed by atoms with E-state index in [2.05, 4.69) is 22.4 Å². The van der Waals surface area contributed by atoms with Gasteiger partial charge in [-0.2, -0.15) is 0 Å². The van der Waals surface area contributed by atoms with Gasteiger partial charge >= 0.3 is 6.03 Å². The number of carbonyl (C=O) groups is 1. The highest BCUT2D eigenvalue weighted by atomic mass is 16.5. The Morgan fingerprint density at radius 1 is 0.912 bits per heavy atom. The molecule has 0 fully saturated rings. The predicted octanol–water partition coefficient (Wildman–Crippen LogP) is 5.37. The maximum atomic E-state index is 13.6. The summed E-state index contributed by atoms with van der Waals surface area (Å²) in [7, 11) is 4.82. The number of hydrogen-bond acceptors (Lipinski definition) is 4. The molecule has 0 aliphatic carbocycles. The summed E-state index contributed by atoms with van der Waals surface area (Å²) >= 11 is 0. The SMILES string of the molecule is COc1ccc(C2c3[nH]c4ccccc4c3CCN2C(=O)Nc2cc(OC)cc(OC)c2)cc1. The second-order valence-corrected chi connectivity index (χ2v) is 8.21. The fraction of sp³-hybridized carbons (Fsp3) is 0.222. The summed E-state index contributed by atoms with van der Waals surface area (Å²) in [6.07, 6.45) is 0.765. The minimum atomic E-state index is -0.269. The number of methoxy groups -OCH3 is 3. The van der Waals surface area contributed by atoms with E-state index in [-0.39, 0.29) is 12.1 Å². The van der Waals surface area contributed by atoms with Gasteiger partial charge in [-0.1, -0.05) is 30.3 Å². The standard InChI is InChI=1S/C27H27N3O4/c1-32-19-10-8-17(9-11-19)26-25-23(22-6-4-5-7-24(22)29-25)12-13-30(26)27(31)28-18-14-20(33-2)16-21(15-18)34-3/h4-11,14-16,26,29H,12-13H2,1-3H3,(H,28,31). The summed E-state index contributed by atoms with van der Waals surface area (Å²) in [6.45, 7) is 0.582. The zero-order chi connectivity index (χ0) is 23.7. The zero-order valence-corrected chi connectivity index (χ0v) is 19.4. The van der Waals surface area contributed by atoms with Crippen LogP contribution in [0, 0.1) is 0 Å². The maximum Gasteiger partial charge on any atom is 0.322 e. The van der Waals surface area contributed by atoms with E-state index < -0.39 is 0 Å². The smallest absolute Gasteiger partial charge is 0.322 e. The highest BCUT2D eigenvalue weighted by molar-refractivity contribution is 5.92. The van der Waals surface area contributed by atoms with Crippen LogP contribution in [0.3, 0.4) is 0 Å². The number of benzene rings is 3. The number of H-pyrrole nitrogens is 1. The first kappa shape index (κ1) is 21.7. The third kappa shape index (κ3) is 3.90. The van der Waals surface area contributed by atoms with Crippen molar-refractivity contribution in [1.82, 2.24) is 9.88 Å². The molecular formula is C27H27N3O4. The van der Waals surface area contributed by atoms with E-state index in [1.807, 2.05) is 41.3 Å². The van der Waals surface area contributed by atoms with Gasteiger partial charge in [-0.3, -0.25) is 0 Å². The Hall–Kier alpha value is -4.13. The molecular weight excluding hydrogens is 430 g/mol. The van der Waals surface area contributed by atoms with Gasteiger partial charge in [0.15, 0.2) is 0 Å². The molecule has 1 atom stereocenters. The molecule has 1 unspecified atom stereocenters. The van der Waals surface area contributed by atoms with Crippen molar-refractivity contribution in [2.45, 2.75) is 12.5 Å². The molecule has 0 bridgehead atoms. The summed E-state index contributed by atoms with van der Waals surface area (Å²) in [4.78, 5) is 19.0. The van der Waals surface area contributed by atoms with E-state index in [1.54, 1.807) is 39.5 Å². The Morgan fingerprint density at radius 3 is 2.26 bits per heavy atom. The van der Waals surface area contributed by atoms with Gasteiger partial charge < -0.3 is 29.4 Å². The average Bonchev–Trinajstić information content (AvgIpc) is 3.26. The van der Waals surface area contributed by atoms with Crippen LogP contribution in [0.5, 0.6) is 17.2 Å². The molecule has 0 spiro atoms. The van der Waals surface area contributed by atoms with Crippen LogP contribution in [0.2, 0.25) is 0 Å². The second kappa shape index (κ2) is 9.02. The molecule has 4 aromatic rings. The fourth-order valence-corrected chi connectivity index (χ4v) is 4.67. The molecule has 0 saturated heterocycles. The molecule has 3 aromatic carbocycles. The van der Waals surface area contributed by atoms with Crippen LogP contribution in [-0.4, -0.2) is 43.8 Å². The highest BCUT2D eigenvalue weighted by Crippen LogP contribution is 2.39. The van der Waals surface area contributed by atoms with Crippen LogP contribution in [0.1, 0.15) is 22.9 Å². The summed E-state index contributed by atoms with van der Waals surface area (Å²) in [5.41, 5.74) is 4.98. The number of aromatic amines is 1. The van der Waals surface area contributed by atoms with Crippen molar-refractivity contribution in [3.8, 4) is 17.2 Å². The number of carbonyl (C=O) groups excluding carboxylic acids is 1. The van der Waals surface area contributed by atoms with Gasteiger partial charge in [-0.05, 0) is 35.7 Å². The summed E-state index contributed by atoms with van der Waals surface area (Å²) in [5, 5.41) is 4.24. The number of ether oxygens (including phenoxy) is 3. The Bertz CT molecular complexity index is 1310. The third-order valence-corrected chi connectivity index (χ3v) is 6.33. The maximum absolute atomic E-state index is 13.6. The van der Waals surface area contributed by atoms with Crippen molar-refractivity contribution in [3.05, 3.63) is 83.6 Å². The van der Waals surface area contributed by atoms with Crippen LogP contribution in [0.4, 0.5) is 10.5 Å². The number of nitrogens with zero attached hydrogens (tertiary/aromatic N) is 1. The van der Waals surface area contributed by atoms with Crippen LogP contribution >= 0.6 is 0 Å². The lowest BCUT2D eigenvalue weighted by molar-refractivity contribution is 0.193. The van der Waals surface area contributed by atoms with Gasteiger partial charge in [-0.25, -0.2) is 4.79 Å². The fourth-order valence-electron chi connectivity index (χ4n) is 4.67. The number of aromatic nitrogens is 1. The average molecular weight is 458 g/mol. The van der Waals surface area contributed by atoms with Gasteiger partial charge in [0.2, 0.25) is 0 Å². The van der Waals surface area contributed by atoms with Crippen LogP contribution in [0.25, 0.3) is 10.9 Å². The van der Waals surface area contributed by atoms with E-state index in [4.69, 9.17) is 14.2 Å². The number of amides is 2. The molecule has 2 amide bonds. The topological polar surface area (TPSA) is 75.8 Å². The molecule has 1 aliphatic heterocycles. The Kier molecular flexibility index (Phi) is 5.76. The van der Waals surface area contributed by atoms with E-state index in [9.17, 15) is 4.79 Å². The Labute approximate surface area is 198 Å². The minimum absolute atomic E-state index is 0.194. The molecule has 34 heavy (non-hydrogen) atoms.